The van der Waals surface area contributed by atoms with Gasteiger partial charge in [-0.05, 0) is 38.3 Å². The molecular weight excluding hydrogens is 206 g/mol. The molecule has 0 aliphatic carbocycles. The maximum absolute atomic E-state index is 11.8. The van der Waals surface area contributed by atoms with Gasteiger partial charge >= 0.3 is 6.03 Å². The fraction of sp³-hybridized carbons (Fsp3) is 0.818. The lowest BCUT2D eigenvalue weighted by Crippen LogP contribution is -2.39. The molecule has 0 radical (unpaired) electrons. The van der Waals surface area contributed by atoms with Crippen molar-refractivity contribution in [2.24, 2.45) is 5.92 Å². The van der Waals surface area contributed by atoms with Gasteiger partial charge in [0.05, 0.1) is 0 Å². The molecule has 0 bridgehead atoms. The highest BCUT2D eigenvalue weighted by Crippen LogP contribution is 2.17. The average molecular weight is 225 g/mol. The fourth-order valence-electron chi connectivity index (χ4n) is 2.35. The lowest BCUT2D eigenvalue weighted by molar-refractivity contribution is -0.128. The maximum Gasteiger partial charge on any atom is 0.324 e. The van der Waals surface area contributed by atoms with E-state index in [9.17, 15) is 9.59 Å². The summed E-state index contributed by atoms with van der Waals surface area (Å²) < 4.78 is 0. The van der Waals surface area contributed by atoms with E-state index < -0.39 is 0 Å². The molecular formula is C11H19N3O2. The highest BCUT2D eigenvalue weighted by Gasteiger charge is 2.37. The van der Waals surface area contributed by atoms with Crippen LogP contribution in [0, 0.1) is 5.92 Å². The third-order valence-electron chi connectivity index (χ3n) is 3.41. The summed E-state index contributed by atoms with van der Waals surface area (Å²) in [5.74, 6) is 0.414. The Kier molecular flexibility index (Phi) is 3.43. The summed E-state index contributed by atoms with van der Waals surface area (Å²) in [6.07, 6.45) is 2.77. The summed E-state index contributed by atoms with van der Waals surface area (Å²) in [6, 6.07) is -0.510. The molecule has 90 valence electrons. The number of piperidine rings is 1. The fourth-order valence-corrected chi connectivity index (χ4v) is 2.35. The molecule has 0 saturated carbocycles. The molecule has 0 aromatic carbocycles. The number of hydrogen-bond acceptors (Lipinski definition) is 3. The molecule has 3 amide bonds. The minimum Gasteiger partial charge on any atom is -0.326 e. The number of amides is 3. The van der Waals surface area contributed by atoms with E-state index in [0.29, 0.717) is 18.9 Å². The molecule has 2 aliphatic heterocycles. The zero-order valence-electron chi connectivity index (χ0n) is 9.66. The Balaban J connectivity index is 1.93. The van der Waals surface area contributed by atoms with Crippen LogP contribution in [-0.4, -0.2) is 42.5 Å². The van der Waals surface area contributed by atoms with Gasteiger partial charge in [-0.2, -0.15) is 0 Å². The minimum absolute atomic E-state index is 0.0500. The van der Waals surface area contributed by atoms with Crippen molar-refractivity contribution in [1.82, 2.24) is 15.5 Å². The SMILES string of the molecule is CCC1NC(=O)N(CC2CCNCC2)C1=O. The van der Waals surface area contributed by atoms with Crippen LogP contribution in [0.3, 0.4) is 0 Å². The highest BCUT2D eigenvalue weighted by atomic mass is 16.2. The van der Waals surface area contributed by atoms with Gasteiger partial charge in [0.2, 0.25) is 0 Å². The number of rotatable bonds is 3. The van der Waals surface area contributed by atoms with Crippen LogP contribution in [0.2, 0.25) is 0 Å². The smallest absolute Gasteiger partial charge is 0.324 e. The summed E-state index contributed by atoms with van der Waals surface area (Å²) in [6.45, 7) is 4.48. The Labute approximate surface area is 95.6 Å². The van der Waals surface area contributed by atoms with Crippen LogP contribution in [0.1, 0.15) is 26.2 Å². The van der Waals surface area contributed by atoms with E-state index in [0.717, 1.165) is 25.9 Å². The Morgan fingerprint density at radius 2 is 2.00 bits per heavy atom. The first-order valence-electron chi connectivity index (χ1n) is 6.05. The van der Waals surface area contributed by atoms with Crippen LogP contribution >= 0.6 is 0 Å². The molecule has 1 atom stereocenters. The van der Waals surface area contributed by atoms with Crippen molar-refractivity contribution in [2.45, 2.75) is 32.2 Å². The van der Waals surface area contributed by atoms with Crippen molar-refractivity contribution < 1.29 is 9.59 Å². The van der Waals surface area contributed by atoms with Crippen molar-refractivity contribution in [3.05, 3.63) is 0 Å². The molecule has 1 unspecified atom stereocenters. The Hall–Kier alpha value is -1.10. The van der Waals surface area contributed by atoms with Gasteiger partial charge in [-0.1, -0.05) is 6.92 Å². The molecule has 5 heteroatoms. The monoisotopic (exact) mass is 225 g/mol. The van der Waals surface area contributed by atoms with E-state index in [1.807, 2.05) is 6.92 Å². The average Bonchev–Trinajstić information content (AvgIpc) is 2.58. The first-order valence-corrected chi connectivity index (χ1v) is 6.05. The minimum atomic E-state index is -0.297. The number of imide groups is 1. The number of hydrogen-bond donors (Lipinski definition) is 2. The van der Waals surface area contributed by atoms with Crippen molar-refractivity contribution in [2.75, 3.05) is 19.6 Å². The van der Waals surface area contributed by atoms with Crippen molar-refractivity contribution in [3.63, 3.8) is 0 Å². The maximum atomic E-state index is 11.8. The normalized spacial score (nSPS) is 27.3. The number of carbonyl (C=O) groups excluding carboxylic acids is 2. The summed E-state index contributed by atoms with van der Waals surface area (Å²) >= 11 is 0. The van der Waals surface area contributed by atoms with Gasteiger partial charge in [0.15, 0.2) is 0 Å². The van der Waals surface area contributed by atoms with Crippen LogP contribution < -0.4 is 10.6 Å². The van der Waals surface area contributed by atoms with Gasteiger partial charge in [-0.25, -0.2) is 4.79 Å². The predicted molar refractivity (Wildman–Crippen MR) is 59.9 cm³/mol. The first-order chi connectivity index (χ1) is 7.72. The third-order valence-corrected chi connectivity index (χ3v) is 3.41. The zero-order chi connectivity index (χ0) is 11.5. The molecule has 2 saturated heterocycles. The Bertz CT molecular complexity index is 287. The van der Waals surface area contributed by atoms with Gasteiger partial charge in [-0.15, -0.1) is 0 Å². The largest absolute Gasteiger partial charge is 0.326 e. The van der Waals surface area contributed by atoms with Crippen LogP contribution in [0.15, 0.2) is 0 Å². The van der Waals surface area contributed by atoms with Gasteiger partial charge < -0.3 is 10.6 Å². The highest BCUT2D eigenvalue weighted by molar-refractivity contribution is 6.04. The van der Waals surface area contributed by atoms with Crippen molar-refractivity contribution >= 4 is 11.9 Å². The van der Waals surface area contributed by atoms with E-state index in [-0.39, 0.29) is 18.0 Å². The number of carbonyl (C=O) groups is 2. The predicted octanol–water partition coefficient (Wildman–Crippen LogP) is 0.316. The van der Waals surface area contributed by atoms with Crippen LogP contribution in [0.25, 0.3) is 0 Å². The summed E-state index contributed by atoms with van der Waals surface area (Å²) in [7, 11) is 0. The van der Waals surface area contributed by atoms with E-state index >= 15 is 0 Å². The molecule has 2 aliphatic rings. The van der Waals surface area contributed by atoms with Crippen molar-refractivity contribution in [1.29, 1.82) is 0 Å². The van der Waals surface area contributed by atoms with Gasteiger partial charge in [0, 0.05) is 6.54 Å². The quantitative estimate of drug-likeness (QED) is 0.680. The standard InChI is InChI=1S/C11H19N3O2/c1-2-9-10(15)14(11(16)13-9)7-8-3-5-12-6-4-8/h8-9,12H,2-7H2,1H3,(H,13,16). The molecule has 5 nitrogen and oxygen atoms in total. The Morgan fingerprint density at radius 3 is 2.56 bits per heavy atom. The molecule has 16 heavy (non-hydrogen) atoms. The van der Waals surface area contributed by atoms with Crippen LogP contribution in [0.4, 0.5) is 4.79 Å². The molecule has 2 rings (SSSR count). The van der Waals surface area contributed by atoms with Crippen LogP contribution in [-0.2, 0) is 4.79 Å². The first kappa shape index (κ1) is 11.4. The number of nitrogens with one attached hydrogen (secondary N) is 2. The molecule has 2 N–H and O–H groups in total. The zero-order valence-corrected chi connectivity index (χ0v) is 9.66. The van der Waals surface area contributed by atoms with E-state index in [1.54, 1.807) is 0 Å². The molecule has 2 fully saturated rings. The van der Waals surface area contributed by atoms with Gasteiger partial charge in [0.1, 0.15) is 6.04 Å². The third kappa shape index (κ3) is 2.19. The Morgan fingerprint density at radius 1 is 1.31 bits per heavy atom. The second-order valence-corrected chi connectivity index (χ2v) is 4.55. The molecule has 0 aromatic heterocycles. The van der Waals surface area contributed by atoms with E-state index in [2.05, 4.69) is 10.6 Å². The summed E-state index contributed by atoms with van der Waals surface area (Å²) in [4.78, 5) is 24.8. The molecule has 0 spiro atoms. The molecule has 0 aromatic rings. The lowest BCUT2D eigenvalue weighted by atomic mass is 9.97. The second kappa shape index (κ2) is 4.82. The number of nitrogens with zero attached hydrogens (tertiary/aromatic N) is 1. The number of urea groups is 1. The van der Waals surface area contributed by atoms with Gasteiger partial charge in [0.25, 0.3) is 5.91 Å². The topological polar surface area (TPSA) is 61.4 Å². The molecule has 2 heterocycles. The van der Waals surface area contributed by atoms with E-state index in [1.165, 1.54) is 4.90 Å². The lowest BCUT2D eigenvalue weighted by Gasteiger charge is -2.25. The second-order valence-electron chi connectivity index (χ2n) is 4.55. The van der Waals surface area contributed by atoms with Crippen LogP contribution in [0.5, 0.6) is 0 Å². The summed E-state index contributed by atoms with van der Waals surface area (Å²) in [5, 5.41) is 5.99. The van der Waals surface area contributed by atoms with E-state index in [4.69, 9.17) is 0 Å². The van der Waals surface area contributed by atoms with Gasteiger partial charge in [-0.3, -0.25) is 9.69 Å². The van der Waals surface area contributed by atoms with Crippen molar-refractivity contribution in [3.8, 4) is 0 Å². The summed E-state index contributed by atoms with van der Waals surface area (Å²) in [5.41, 5.74) is 0.